The number of nitrogens with zero attached hydrogens (tertiary/aromatic N) is 1. The summed E-state index contributed by atoms with van der Waals surface area (Å²) in [5.74, 6) is -0.846. The van der Waals surface area contributed by atoms with Crippen LogP contribution >= 0.6 is 7.60 Å². The van der Waals surface area contributed by atoms with Crippen LogP contribution in [-0.2, 0) is 19.2 Å². The number of fused-ring (bicyclic) bond motifs is 2. The Morgan fingerprint density at radius 2 is 1.48 bits per heavy atom. The van der Waals surface area contributed by atoms with Crippen LogP contribution in [0.4, 0.5) is 0 Å². The van der Waals surface area contributed by atoms with Crippen LogP contribution in [0.2, 0.25) is 0 Å². The maximum absolute atomic E-state index is 13.6. The fourth-order valence-corrected chi connectivity index (χ4v) is 6.44. The molecule has 0 aliphatic carbocycles. The summed E-state index contributed by atoms with van der Waals surface area (Å²) in [6, 6.07) is 14.3. The topological polar surface area (TPSA) is 88.7 Å². The number of carbonyl (C=O) groups excluding carboxylic acids is 2. The molecule has 0 spiro atoms. The maximum atomic E-state index is 13.6. The van der Waals surface area contributed by atoms with E-state index in [2.05, 4.69) is 4.98 Å². The van der Waals surface area contributed by atoms with Gasteiger partial charge in [0.2, 0.25) is 0 Å². The number of amides is 2. The standard InChI is InChI=1S/C23H25N2O5P/c1-4-29-31(28,30-5-2)15-23(3,19-14-24-20-13-9-8-12-18(19)20)25-21(26)16-10-6-7-11-17(16)22(25)27/h6-14,24H,4-5,15H2,1-3H3/t23-/m1/s1. The molecule has 2 amide bonds. The third kappa shape index (κ3) is 3.53. The molecule has 1 aromatic heterocycles. The second kappa shape index (κ2) is 8.08. The summed E-state index contributed by atoms with van der Waals surface area (Å²) in [6.45, 7) is 5.58. The summed E-state index contributed by atoms with van der Waals surface area (Å²) < 4.78 is 24.7. The lowest BCUT2D eigenvalue weighted by Crippen LogP contribution is -2.50. The van der Waals surface area contributed by atoms with Crippen molar-refractivity contribution in [2.45, 2.75) is 26.3 Å². The van der Waals surface area contributed by atoms with E-state index in [9.17, 15) is 14.2 Å². The van der Waals surface area contributed by atoms with Crippen molar-refractivity contribution in [1.82, 2.24) is 9.88 Å². The van der Waals surface area contributed by atoms with Crippen molar-refractivity contribution < 1.29 is 23.2 Å². The zero-order chi connectivity index (χ0) is 22.2. The quantitative estimate of drug-likeness (QED) is 0.396. The molecule has 0 bridgehead atoms. The molecule has 0 saturated carbocycles. The van der Waals surface area contributed by atoms with Crippen molar-refractivity contribution in [3.8, 4) is 0 Å². The van der Waals surface area contributed by atoms with E-state index in [4.69, 9.17) is 9.05 Å². The van der Waals surface area contributed by atoms with Crippen LogP contribution in [-0.4, -0.2) is 41.1 Å². The van der Waals surface area contributed by atoms with Crippen LogP contribution in [0.3, 0.4) is 0 Å². The van der Waals surface area contributed by atoms with Crippen LogP contribution in [0.25, 0.3) is 10.9 Å². The van der Waals surface area contributed by atoms with E-state index >= 15 is 0 Å². The number of carbonyl (C=O) groups is 2. The van der Waals surface area contributed by atoms with Crippen LogP contribution in [0.5, 0.6) is 0 Å². The summed E-state index contributed by atoms with van der Waals surface area (Å²) in [6.07, 6.45) is 1.60. The zero-order valence-corrected chi connectivity index (χ0v) is 18.6. The largest absolute Gasteiger partial charge is 0.361 e. The molecule has 0 radical (unpaired) electrons. The van der Waals surface area contributed by atoms with Gasteiger partial charge in [-0.1, -0.05) is 30.3 Å². The average molecular weight is 440 g/mol. The molecular formula is C23H25N2O5P. The fourth-order valence-electron chi connectivity index (χ4n) is 4.33. The molecule has 162 valence electrons. The second-order valence-electron chi connectivity index (χ2n) is 7.62. The maximum Gasteiger partial charge on any atom is 0.333 e. The molecule has 0 saturated heterocycles. The number of hydrogen-bond acceptors (Lipinski definition) is 5. The molecule has 7 nitrogen and oxygen atoms in total. The van der Waals surface area contributed by atoms with Crippen molar-refractivity contribution in [2.75, 3.05) is 19.4 Å². The van der Waals surface area contributed by atoms with Gasteiger partial charge >= 0.3 is 7.60 Å². The Morgan fingerprint density at radius 1 is 0.935 bits per heavy atom. The minimum atomic E-state index is -3.62. The first kappa shape index (κ1) is 21.5. The van der Waals surface area contributed by atoms with E-state index in [0.29, 0.717) is 16.7 Å². The molecular weight excluding hydrogens is 415 g/mol. The van der Waals surface area contributed by atoms with Gasteiger partial charge in [-0.2, -0.15) is 0 Å². The summed E-state index contributed by atoms with van der Waals surface area (Å²) in [7, 11) is -3.62. The van der Waals surface area contributed by atoms with E-state index in [1.54, 1.807) is 51.2 Å². The van der Waals surface area contributed by atoms with Gasteiger partial charge in [0, 0.05) is 22.7 Å². The van der Waals surface area contributed by atoms with Crippen LogP contribution < -0.4 is 0 Å². The van der Waals surface area contributed by atoms with Gasteiger partial charge in [0.15, 0.2) is 0 Å². The number of aromatic amines is 1. The number of aromatic nitrogens is 1. The van der Waals surface area contributed by atoms with E-state index in [1.165, 1.54) is 4.90 Å². The number of imide groups is 1. The summed E-state index contributed by atoms with van der Waals surface area (Å²) in [5.41, 5.74) is 0.926. The molecule has 31 heavy (non-hydrogen) atoms. The number of benzene rings is 2. The molecule has 3 aromatic rings. The first-order valence-corrected chi connectivity index (χ1v) is 12.0. The molecule has 2 aromatic carbocycles. The van der Waals surface area contributed by atoms with Gasteiger partial charge in [-0.3, -0.25) is 19.1 Å². The normalized spacial score (nSPS) is 16.0. The van der Waals surface area contributed by atoms with Gasteiger partial charge in [0.25, 0.3) is 11.8 Å². The van der Waals surface area contributed by atoms with E-state index in [0.717, 1.165) is 10.9 Å². The average Bonchev–Trinajstić information content (AvgIpc) is 3.29. The molecule has 1 aliphatic rings. The van der Waals surface area contributed by atoms with Gasteiger partial charge in [0.05, 0.1) is 36.0 Å². The number of hydrogen-bond donors (Lipinski definition) is 1. The first-order valence-electron chi connectivity index (χ1n) is 10.3. The molecule has 0 unspecified atom stereocenters. The Bertz CT molecular complexity index is 1160. The van der Waals surface area contributed by atoms with Crippen molar-refractivity contribution in [2.24, 2.45) is 0 Å². The van der Waals surface area contributed by atoms with Crippen molar-refractivity contribution in [3.63, 3.8) is 0 Å². The predicted octanol–water partition coefficient (Wildman–Crippen LogP) is 4.95. The Balaban J connectivity index is 1.91. The highest BCUT2D eigenvalue weighted by molar-refractivity contribution is 7.53. The number of para-hydroxylation sites is 1. The number of rotatable bonds is 8. The number of nitrogens with one attached hydrogen (secondary N) is 1. The van der Waals surface area contributed by atoms with Gasteiger partial charge in [-0.05, 0) is 39.0 Å². The molecule has 1 N–H and O–H groups in total. The molecule has 1 atom stereocenters. The lowest BCUT2D eigenvalue weighted by Gasteiger charge is -2.39. The van der Waals surface area contributed by atoms with Crippen molar-refractivity contribution in [1.29, 1.82) is 0 Å². The van der Waals surface area contributed by atoms with Crippen LogP contribution in [0.1, 0.15) is 47.1 Å². The number of H-pyrrole nitrogens is 1. The van der Waals surface area contributed by atoms with Gasteiger partial charge in [-0.25, -0.2) is 0 Å². The predicted molar refractivity (Wildman–Crippen MR) is 118 cm³/mol. The minimum Gasteiger partial charge on any atom is -0.361 e. The Kier molecular flexibility index (Phi) is 5.60. The Morgan fingerprint density at radius 3 is 2.06 bits per heavy atom. The van der Waals surface area contributed by atoms with Crippen molar-refractivity contribution in [3.05, 3.63) is 71.4 Å². The highest BCUT2D eigenvalue weighted by Gasteiger charge is 2.51. The minimum absolute atomic E-state index is 0.158. The highest BCUT2D eigenvalue weighted by Crippen LogP contribution is 2.55. The van der Waals surface area contributed by atoms with Crippen LogP contribution in [0.15, 0.2) is 54.7 Å². The SMILES string of the molecule is CCOP(=O)(C[C@](C)(c1c[nH]c2ccccc12)N1C(=O)c2ccccc2C1=O)OCC. The van der Waals surface area contributed by atoms with Gasteiger partial charge in [0.1, 0.15) is 0 Å². The van der Waals surface area contributed by atoms with Gasteiger partial charge in [-0.15, -0.1) is 0 Å². The lowest BCUT2D eigenvalue weighted by atomic mass is 9.91. The Labute approximate surface area is 180 Å². The van der Waals surface area contributed by atoms with Crippen molar-refractivity contribution >= 4 is 30.3 Å². The summed E-state index contributed by atoms with van der Waals surface area (Å²) >= 11 is 0. The van der Waals surface area contributed by atoms with E-state index in [-0.39, 0.29) is 19.4 Å². The molecule has 8 heteroatoms. The summed E-state index contributed by atoms with van der Waals surface area (Å²) in [4.78, 5) is 31.2. The second-order valence-corrected chi connectivity index (χ2v) is 9.67. The summed E-state index contributed by atoms with van der Waals surface area (Å²) in [5, 5.41) is 0.834. The monoisotopic (exact) mass is 440 g/mol. The fraction of sp³-hybridized carbons (Fsp3) is 0.304. The molecule has 4 rings (SSSR count). The van der Waals surface area contributed by atoms with E-state index in [1.807, 2.05) is 24.3 Å². The third-order valence-corrected chi connectivity index (χ3v) is 7.92. The van der Waals surface area contributed by atoms with E-state index < -0.39 is 24.9 Å². The lowest BCUT2D eigenvalue weighted by molar-refractivity contribution is 0.0471. The molecule has 1 aliphatic heterocycles. The first-order chi connectivity index (χ1) is 14.8. The molecule has 0 fully saturated rings. The van der Waals surface area contributed by atoms with Crippen LogP contribution in [0, 0.1) is 0 Å². The third-order valence-electron chi connectivity index (χ3n) is 5.61. The smallest absolute Gasteiger partial charge is 0.333 e. The zero-order valence-electron chi connectivity index (χ0n) is 17.8. The Hall–Kier alpha value is -2.73. The molecule has 2 heterocycles. The highest BCUT2D eigenvalue weighted by atomic mass is 31.2. The van der Waals surface area contributed by atoms with Gasteiger partial charge < -0.3 is 14.0 Å².